The van der Waals surface area contributed by atoms with Crippen LogP contribution in [-0.4, -0.2) is 34.5 Å². The zero-order valence-corrected chi connectivity index (χ0v) is 12.3. The van der Waals surface area contributed by atoms with Crippen LogP contribution in [0.3, 0.4) is 0 Å². The summed E-state index contributed by atoms with van der Waals surface area (Å²) in [5.41, 5.74) is -0.194. The molecular weight excluding hydrogens is 318 g/mol. The molecule has 1 aromatic carbocycles. The molecular formula is C14H13F4N3O2. The molecule has 0 unspecified atom stereocenters. The van der Waals surface area contributed by atoms with E-state index in [1.54, 1.807) is 0 Å². The summed E-state index contributed by atoms with van der Waals surface area (Å²) in [6.45, 7) is 2.33. The number of alkyl halides is 3. The van der Waals surface area contributed by atoms with Crippen LogP contribution in [0.1, 0.15) is 29.6 Å². The molecule has 2 aromatic rings. The molecule has 23 heavy (non-hydrogen) atoms. The van der Waals surface area contributed by atoms with E-state index in [2.05, 4.69) is 14.7 Å². The number of rotatable bonds is 4. The summed E-state index contributed by atoms with van der Waals surface area (Å²) in [4.78, 5) is 16.5. The Kier molecular flexibility index (Phi) is 4.67. The summed E-state index contributed by atoms with van der Waals surface area (Å²) >= 11 is 0. The maximum absolute atomic E-state index is 14.1. The summed E-state index contributed by atoms with van der Waals surface area (Å²) in [5.74, 6) is -3.30. The molecule has 0 N–H and O–H groups in total. The van der Waals surface area contributed by atoms with Crippen LogP contribution in [0.2, 0.25) is 0 Å². The van der Waals surface area contributed by atoms with Gasteiger partial charge in [0.25, 0.3) is 5.91 Å². The molecule has 0 bridgehead atoms. The molecule has 0 atom stereocenters. The lowest BCUT2D eigenvalue weighted by Crippen LogP contribution is -2.28. The highest BCUT2D eigenvalue weighted by atomic mass is 19.4. The predicted octanol–water partition coefficient (Wildman–Crippen LogP) is 3.38. The van der Waals surface area contributed by atoms with Gasteiger partial charge in [-0.2, -0.15) is 18.2 Å². The Labute approximate surface area is 128 Å². The molecule has 1 aromatic heterocycles. The van der Waals surface area contributed by atoms with Crippen LogP contribution in [0.25, 0.3) is 11.4 Å². The van der Waals surface area contributed by atoms with Gasteiger partial charge < -0.3 is 9.42 Å². The molecule has 2 rings (SSSR count). The third-order valence-corrected chi connectivity index (χ3v) is 3.03. The Bertz CT molecular complexity index is 712. The minimum Gasteiger partial charge on any atom is -0.342 e. The maximum atomic E-state index is 14.1. The molecule has 9 heteroatoms. The number of hydrogen-bond donors (Lipinski definition) is 0. The van der Waals surface area contributed by atoms with Gasteiger partial charge in [0.15, 0.2) is 0 Å². The van der Waals surface area contributed by atoms with Gasteiger partial charge in [-0.05, 0) is 18.6 Å². The van der Waals surface area contributed by atoms with Crippen molar-refractivity contribution in [1.82, 2.24) is 15.0 Å². The first kappa shape index (κ1) is 16.9. The summed E-state index contributed by atoms with van der Waals surface area (Å²) in [7, 11) is 1.54. The number of carbonyl (C=O) groups is 1. The maximum Gasteiger partial charge on any atom is 0.471 e. The number of halogens is 4. The molecule has 0 aliphatic carbocycles. The summed E-state index contributed by atoms with van der Waals surface area (Å²) in [6, 6.07) is 3.35. The van der Waals surface area contributed by atoms with Crippen LogP contribution in [0.5, 0.6) is 0 Å². The highest BCUT2D eigenvalue weighted by Gasteiger charge is 2.38. The number of amides is 1. The first-order valence-electron chi connectivity index (χ1n) is 6.70. The van der Waals surface area contributed by atoms with E-state index in [-0.39, 0.29) is 11.1 Å². The van der Waals surface area contributed by atoms with E-state index in [0.29, 0.717) is 13.0 Å². The Balaban J connectivity index is 2.29. The van der Waals surface area contributed by atoms with Crippen LogP contribution in [0.15, 0.2) is 22.7 Å². The number of benzene rings is 1. The monoisotopic (exact) mass is 331 g/mol. The number of hydrogen-bond acceptors (Lipinski definition) is 4. The van der Waals surface area contributed by atoms with E-state index in [1.165, 1.54) is 24.1 Å². The molecule has 5 nitrogen and oxygen atoms in total. The molecule has 0 aliphatic rings. The Morgan fingerprint density at radius 3 is 2.57 bits per heavy atom. The standard InChI is InChI=1S/C14H13F4N3O2/c1-3-6-21(2)12(22)9-5-4-8(7-10(9)15)11-19-13(23-20-11)14(16,17)18/h4-5,7H,3,6H2,1-2H3. The summed E-state index contributed by atoms with van der Waals surface area (Å²) in [5, 5.41) is 3.16. The van der Waals surface area contributed by atoms with Crippen molar-refractivity contribution in [3.8, 4) is 11.4 Å². The van der Waals surface area contributed by atoms with Crippen molar-refractivity contribution in [3.05, 3.63) is 35.5 Å². The Hall–Kier alpha value is -2.45. The molecule has 124 valence electrons. The van der Waals surface area contributed by atoms with Crippen molar-refractivity contribution >= 4 is 5.91 Å². The zero-order valence-electron chi connectivity index (χ0n) is 12.3. The fourth-order valence-electron chi connectivity index (χ4n) is 1.93. The van der Waals surface area contributed by atoms with E-state index >= 15 is 0 Å². The fraction of sp³-hybridized carbons (Fsp3) is 0.357. The van der Waals surface area contributed by atoms with Gasteiger partial charge in [-0.15, -0.1) is 0 Å². The van der Waals surface area contributed by atoms with E-state index in [0.717, 1.165) is 6.07 Å². The highest BCUT2D eigenvalue weighted by molar-refractivity contribution is 5.94. The largest absolute Gasteiger partial charge is 0.471 e. The average Bonchev–Trinajstić information content (AvgIpc) is 2.96. The van der Waals surface area contributed by atoms with Crippen molar-refractivity contribution in [2.24, 2.45) is 0 Å². The lowest BCUT2D eigenvalue weighted by Gasteiger charge is -2.16. The molecule has 0 radical (unpaired) electrons. The van der Waals surface area contributed by atoms with Gasteiger partial charge in [0.05, 0.1) is 5.56 Å². The second kappa shape index (κ2) is 6.35. The molecule has 0 fully saturated rings. The first-order valence-corrected chi connectivity index (χ1v) is 6.70. The second-order valence-corrected chi connectivity index (χ2v) is 4.84. The SMILES string of the molecule is CCCN(C)C(=O)c1ccc(-c2noc(C(F)(F)F)n2)cc1F. The third-order valence-electron chi connectivity index (χ3n) is 3.03. The van der Waals surface area contributed by atoms with E-state index in [4.69, 9.17) is 0 Å². The van der Waals surface area contributed by atoms with E-state index < -0.39 is 29.6 Å². The minimum atomic E-state index is -4.78. The minimum absolute atomic E-state index is 0.0172. The molecule has 0 spiro atoms. The third kappa shape index (κ3) is 3.66. The Morgan fingerprint density at radius 2 is 2.04 bits per heavy atom. The van der Waals surface area contributed by atoms with Crippen molar-refractivity contribution < 1.29 is 26.9 Å². The number of nitrogens with zero attached hydrogens (tertiary/aromatic N) is 3. The predicted molar refractivity (Wildman–Crippen MR) is 71.9 cm³/mol. The van der Waals surface area contributed by atoms with Crippen molar-refractivity contribution in [2.45, 2.75) is 19.5 Å². The van der Waals surface area contributed by atoms with Gasteiger partial charge in [-0.25, -0.2) is 4.39 Å². The molecule has 0 aliphatic heterocycles. The average molecular weight is 331 g/mol. The lowest BCUT2D eigenvalue weighted by molar-refractivity contribution is -0.159. The summed E-state index contributed by atoms with van der Waals surface area (Å²) in [6.07, 6.45) is -4.06. The van der Waals surface area contributed by atoms with Crippen LogP contribution < -0.4 is 0 Å². The normalized spacial score (nSPS) is 11.6. The molecule has 1 amide bonds. The van der Waals surface area contributed by atoms with Crippen LogP contribution in [0.4, 0.5) is 17.6 Å². The van der Waals surface area contributed by atoms with Gasteiger partial charge in [-0.3, -0.25) is 4.79 Å². The van der Waals surface area contributed by atoms with Gasteiger partial charge in [0.2, 0.25) is 5.82 Å². The number of carbonyl (C=O) groups excluding carboxylic acids is 1. The smallest absolute Gasteiger partial charge is 0.342 e. The molecule has 0 saturated heterocycles. The van der Waals surface area contributed by atoms with Crippen LogP contribution in [0, 0.1) is 5.82 Å². The van der Waals surface area contributed by atoms with Crippen molar-refractivity contribution in [3.63, 3.8) is 0 Å². The second-order valence-electron chi connectivity index (χ2n) is 4.84. The van der Waals surface area contributed by atoms with Crippen molar-refractivity contribution in [1.29, 1.82) is 0 Å². The first-order chi connectivity index (χ1) is 10.7. The topological polar surface area (TPSA) is 59.2 Å². The molecule has 0 saturated carbocycles. The van der Waals surface area contributed by atoms with Gasteiger partial charge in [0, 0.05) is 19.2 Å². The highest BCUT2D eigenvalue weighted by Crippen LogP contribution is 2.29. The van der Waals surface area contributed by atoms with Gasteiger partial charge in [0.1, 0.15) is 5.82 Å². The van der Waals surface area contributed by atoms with Gasteiger partial charge in [-0.1, -0.05) is 18.1 Å². The zero-order chi connectivity index (χ0) is 17.2. The summed E-state index contributed by atoms with van der Waals surface area (Å²) < 4.78 is 55.4. The van der Waals surface area contributed by atoms with Crippen molar-refractivity contribution in [2.75, 3.05) is 13.6 Å². The Morgan fingerprint density at radius 1 is 1.35 bits per heavy atom. The van der Waals surface area contributed by atoms with E-state index in [9.17, 15) is 22.4 Å². The fourth-order valence-corrected chi connectivity index (χ4v) is 1.93. The van der Waals surface area contributed by atoms with Crippen LogP contribution >= 0.6 is 0 Å². The van der Waals surface area contributed by atoms with Gasteiger partial charge >= 0.3 is 12.1 Å². The lowest BCUT2D eigenvalue weighted by atomic mass is 10.1. The number of aromatic nitrogens is 2. The molecule has 1 heterocycles. The van der Waals surface area contributed by atoms with E-state index in [1.807, 2.05) is 6.92 Å². The van der Waals surface area contributed by atoms with Crippen LogP contribution in [-0.2, 0) is 6.18 Å². The quantitative estimate of drug-likeness (QED) is 0.806.